The topological polar surface area (TPSA) is 56.1 Å². The molecule has 0 spiro atoms. The van der Waals surface area contributed by atoms with Crippen LogP contribution in [0.3, 0.4) is 0 Å². The number of aliphatic imine (C=N–C) groups is 1. The lowest BCUT2D eigenvalue weighted by atomic mass is 10.1. The van der Waals surface area contributed by atoms with E-state index in [-0.39, 0.29) is 0 Å². The molecule has 2 aliphatic rings. The largest absolute Gasteiger partial charge is 0.345 e. The third-order valence-electron chi connectivity index (χ3n) is 4.36. The van der Waals surface area contributed by atoms with Gasteiger partial charge in [-0.2, -0.15) is 5.10 Å². The van der Waals surface area contributed by atoms with Gasteiger partial charge in [-0.05, 0) is 32.3 Å². The Morgan fingerprint density at radius 2 is 2.08 bits per heavy atom. The molecule has 1 N–H and O–H groups in total. The minimum atomic E-state index is 0.630. The third kappa shape index (κ3) is 3.52. The lowest BCUT2D eigenvalue weighted by Gasteiger charge is -2.33. The molecule has 0 unspecified atom stereocenters. The summed E-state index contributed by atoms with van der Waals surface area (Å²) in [5.41, 5.74) is 7.33. The number of nitrogens with one attached hydrogen (secondary N) is 1. The van der Waals surface area contributed by atoms with Crippen LogP contribution in [0, 0.1) is 0 Å². The quantitative estimate of drug-likeness (QED) is 0.649. The lowest BCUT2D eigenvalue weighted by molar-refractivity contribution is 0.214. The van der Waals surface area contributed by atoms with Crippen LogP contribution in [0.5, 0.6) is 0 Å². The van der Waals surface area contributed by atoms with E-state index in [4.69, 9.17) is 12.2 Å². The number of nitrogens with zero attached hydrogens (tertiary/aromatic N) is 5. The molecule has 1 aliphatic heterocycles. The fourth-order valence-corrected chi connectivity index (χ4v) is 3.21. The van der Waals surface area contributed by atoms with Gasteiger partial charge in [0.25, 0.3) is 0 Å². The van der Waals surface area contributed by atoms with E-state index in [2.05, 4.69) is 43.9 Å². The van der Waals surface area contributed by atoms with E-state index < -0.39 is 0 Å². The maximum atomic E-state index is 5.50. The van der Waals surface area contributed by atoms with Crippen molar-refractivity contribution in [1.82, 2.24) is 20.2 Å². The maximum Gasteiger partial charge on any atom is 0.189 e. The first-order chi connectivity index (χ1) is 12.2. The van der Waals surface area contributed by atoms with Crippen LogP contribution in [-0.4, -0.2) is 64.5 Å². The smallest absolute Gasteiger partial charge is 0.189 e. The van der Waals surface area contributed by atoms with E-state index in [1.54, 1.807) is 6.20 Å². The van der Waals surface area contributed by atoms with Gasteiger partial charge in [-0.15, -0.1) is 0 Å². The average molecular weight is 354 g/mol. The molecule has 7 heteroatoms. The van der Waals surface area contributed by atoms with Crippen LogP contribution in [0.2, 0.25) is 0 Å². The summed E-state index contributed by atoms with van der Waals surface area (Å²) in [6.07, 6.45) is 5.31. The molecular weight excluding hydrogens is 332 g/mol. The standard InChI is InChI=1S/C18H22N6S/c1-4-13-14-7-6-8-20-16(14)17(15(13)19-5-2)21-22-18(25)24-11-9-23(3)10-12-24/h4-8H,2,9-12H2,1,3H3,(H,22,25)/b13-4-,19-15+,21-17+. The molecule has 0 bridgehead atoms. The molecular formula is C18H22N6S. The highest BCUT2D eigenvalue weighted by atomic mass is 32.1. The van der Waals surface area contributed by atoms with Gasteiger partial charge in [0.2, 0.25) is 0 Å². The molecule has 6 nitrogen and oxygen atoms in total. The van der Waals surface area contributed by atoms with Crippen LogP contribution in [0.15, 0.2) is 47.3 Å². The number of rotatable bonds is 2. The van der Waals surface area contributed by atoms with Gasteiger partial charge in [0.1, 0.15) is 17.1 Å². The van der Waals surface area contributed by atoms with E-state index in [0.29, 0.717) is 10.8 Å². The number of fused-ring (bicyclic) bond motifs is 1. The minimum absolute atomic E-state index is 0.630. The SMILES string of the molecule is C=C/N=C1C(=C/C)\c2cccnc2C\1=N\NC(=S)N1CCN(C)CC1. The van der Waals surface area contributed by atoms with Crippen molar-refractivity contribution in [2.45, 2.75) is 6.92 Å². The van der Waals surface area contributed by atoms with Gasteiger partial charge < -0.3 is 9.80 Å². The van der Waals surface area contributed by atoms with Crippen LogP contribution in [0.1, 0.15) is 18.2 Å². The first kappa shape index (κ1) is 17.4. The molecule has 2 heterocycles. The summed E-state index contributed by atoms with van der Waals surface area (Å²) in [5, 5.41) is 5.17. The van der Waals surface area contributed by atoms with E-state index in [0.717, 1.165) is 48.7 Å². The van der Waals surface area contributed by atoms with Gasteiger partial charge in [0.05, 0.1) is 0 Å². The van der Waals surface area contributed by atoms with Crippen LogP contribution in [0.25, 0.3) is 5.57 Å². The Hall–Kier alpha value is -2.38. The Labute approximate surface area is 153 Å². The second-order valence-corrected chi connectivity index (χ2v) is 6.32. The number of thiocarbonyl (C=S) groups is 1. The van der Waals surface area contributed by atoms with Gasteiger partial charge in [0, 0.05) is 49.7 Å². The highest BCUT2D eigenvalue weighted by Crippen LogP contribution is 2.29. The number of hydrogen-bond acceptors (Lipinski definition) is 5. The molecule has 130 valence electrons. The lowest BCUT2D eigenvalue weighted by Crippen LogP contribution is -2.49. The highest BCUT2D eigenvalue weighted by molar-refractivity contribution is 7.80. The Morgan fingerprint density at radius 1 is 1.32 bits per heavy atom. The molecule has 0 aromatic carbocycles. The Bertz CT molecular complexity index is 772. The molecule has 1 saturated heterocycles. The van der Waals surface area contributed by atoms with Crippen molar-refractivity contribution < 1.29 is 0 Å². The summed E-state index contributed by atoms with van der Waals surface area (Å²) in [5.74, 6) is 0. The molecule has 0 saturated carbocycles. The second-order valence-electron chi connectivity index (χ2n) is 5.93. The molecule has 1 aromatic heterocycles. The van der Waals surface area contributed by atoms with Crippen molar-refractivity contribution >= 4 is 34.3 Å². The van der Waals surface area contributed by atoms with Gasteiger partial charge in [-0.25, -0.2) is 0 Å². The predicted molar refractivity (Wildman–Crippen MR) is 107 cm³/mol. The molecule has 25 heavy (non-hydrogen) atoms. The van der Waals surface area contributed by atoms with Crippen LogP contribution in [0.4, 0.5) is 0 Å². The van der Waals surface area contributed by atoms with Gasteiger partial charge in [0.15, 0.2) is 5.11 Å². The van der Waals surface area contributed by atoms with Crippen molar-refractivity contribution in [2.75, 3.05) is 33.2 Å². The van der Waals surface area contributed by atoms with E-state index in [1.165, 1.54) is 6.20 Å². The summed E-state index contributed by atoms with van der Waals surface area (Å²) in [6.45, 7) is 9.49. The van der Waals surface area contributed by atoms with Crippen molar-refractivity contribution in [3.05, 3.63) is 48.4 Å². The van der Waals surface area contributed by atoms with Gasteiger partial charge in [-0.1, -0.05) is 18.7 Å². The first-order valence-electron chi connectivity index (χ1n) is 8.28. The van der Waals surface area contributed by atoms with Crippen molar-refractivity contribution in [2.24, 2.45) is 10.1 Å². The molecule has 0 radical (unpaired) electrons. The fourth-order valence-electron chi connectivity index (χ4n) is 2.98. The number of allylic oxidation sites excluding steroid dienone is 2. The number of likely N-dealkylation sites (N-methyl/N-ethyl adjacent to an activating group) is 1. The van der Waals surface area contributed by atoms with Crippen molar-refractivity contribution in [3.63, 3.8) is 0 Å². The third-order valence-corrected chi connectivity index (χ3v) is 4.71. The normalized spacial score (nSPS) is 22.5. The number of hydrazone groups is 1. The average Bonchev–Trinajstić information content (AvgIpc) is 2.93. The zero-order valence-electron chi connectivity index (χ0n) is 14.6. The van der Waals surface area contributed by atoms with E-state index in [9.17, 15) is 0 Å². The molecule has 1 aromatic rings. The number of piperazine rings is 1. The zero-order chi connectivity index (χ0) is 17.8. The molecule has 1 fully saturated rings. The van der Waals surface area contributed by atoms with Crippen molar-refractivity contribution in [3.8, 4) is 0 Å². The number of hydrogen-bond donors (Lipinski definition) is 1. The van der Waals surface area contributed by atoms with E-state index >= 15 is 0 Å². The molecule has 0 atom stereocenters. The minimum Gasteiger partial charge on any atom is -0.345 e. The zero-order valence-corrected chi connectivity index (χ0v) is 15.4. The van der Waals surface area contributed by atoms with Gasteiger partial charge in [-0.3, -0.25) is 15.4 Å². The summed E-state index contributed by atoms with van der Waals surface area (Å²) in [4.78, 5) is 13.3. The summed E-state index contributed by atoms with van der Waals surface area (Å²) in [6, 6.07) is 3.94. The van der Waals surface area contributed by atoms with Gasteiger partial charge >= 0.3 is 0 Å². The number of aromatic nitrogens is 1. The molecule has 1 aliphatic carbocycles. The summed E-state index contributed by atoms with van der Waals surface area (Å²) in [7, 11) is 2.12. The van der Waals surface area contributed by atoms with E-state index in [1.807, 2.05) is 25.1 Å². The Balaban J connectivity index is 1.86. The van der Waals surface area contributed by atoms with Crippen LogP contribution < -0.4 is 5.43 Å². The second kappa shape index (κ2) is 7.67. The van der Waals surface area contributed by atoms with Crippen LogP contribution >= 0.6 is 12.2 Å². The Morgan fingerprint density at radius 3 is 2.76 bits per heavy atom. The Kier molecular flexibility index (Phi) is 5.35. The summed E-state index contributed by atoms with van der Waals surface area (Å²) < 4.78 is 0. The molecule has 3 rings (SSSR count). The van der Waals surface area contributed by atoms with Crippen molar-refractivity contribution in [1.29, 1.82) is 0 Å². The number of pyridine rings is 1. The van der Waals surface area contributed by atoms with Crippen LogP contribution in [-0.2, 0) is 0 Å². The first-order valence-corrected chi connectivity index (χ1v) is 8.69. The fraction of sp³-hybridized carbons (Fsp3) is 0.333. The maximum absolute atomic E-state index is 5.50. The monoisotopic (exact) mass is 354 g/mol. The molecule has 0 amide bonds. The highest BCUT2D eigenvalue weighted by Gasteiger charge is 2.30. The predicted octanol–water partition coefficient (Wildman–Crippen LogP) is 1.91. The summed E-state index contributed by atoms with van der Waals surface area (Å²) >= 11 is 5.50.